The van der Waals surface area contributed by atoms with E-state index in [9.17, 15) is 0 Å². The Morgan fingerprint density at radius 2 is 1.58 bits per heavy atom. The molecule has 0 bridgehead atoms. The van der Waals surface area contributed by atoms with Gasteiger partial charge in [-0.15, -0.1) is 0 Å². The number of hydrogen-bond acceptors (Lipinski definition) is 4. The first-order valence-electron chi connectivity index (χ1n) is 14.1. The van der Waals surface area contributed by atoms with Crippen LogP contribution in [-0.4, -0.2) is 23.2 Å². The van der Waals surface area contributed by atoms with Crippen molar-refractivity contribution >= 4 is 0 Å². The number of hydrogen-bond donors (Lipinski definition) is 0. The van der Waals surface area contributed by atoms with Crippen LogP contribution in [0.25, 0.3) is 11.1 Å². The molecule has 0 spiro atoms. The van der Waals surface area contributed by atoms with Crippen molar-refractivity contribution in [1.29, 1.82) is 0 Å². The van der Waals surface area contributed by atoms with Crippen molar-refractivity contribution in [3.8, 4) is 22.8 Å². The zero-order valence-corrected chi connectivity index (χ0v) is 24.7. The third kappa shape index (κ3) is 4.95. The van der Waals surface area contributed by atoms with Crippen molar-refractivity contribution in [2.45, 2.75) is 91.9 Å². The van der Waals surface area contributed by atoms with Crippen LogP contribution in [0.4, 0.5) is 0 Å². The van der Waals surface area contributed by atoms with Crippen molar-refractivity contribution in [3.63, 3.8) is 0 Å². The number of rotatable bonds is 2. The first-order chi connectivity index (χ1) is 17.7. The third-order valence-electron chi connectivity index (χ3n) is 8.44. The smallest absolute Gasteiger partial charge is 0.216 e. The Kier molecular flexibility index (Phi) is 6.60. The zero-order valence-electron chi connectivity index (χ0n) is 24.7. The lowest BCUT2D eigenvalue weighted by Crippen LogP contribution is -2.33. The molecule has 4 heterocycles. The van der Waals surface area contributed by atoms with E-state index in [0.29, 0.717) is 12.5 Å². The lowest BCUT2D eigenvalue weighted by atomic mass is 9.66. The second kappa shape index (κ2) is 9.39. The Bertz CT molecular complexity index is 1320. The summed E-state index contributed by atoms with van der Waals surface area (Å²) in [5, 5.41) is 0. The predicted molar refractivity (Wildman–Crippen MR) is 155 cm³/mol. The molecule has 5 rings (SSSR count). The average molecular weight is 513 g/mol. The molecule has 0 amide bonds. The topological polar surface area (TPSA) is 44.2 Å². The SMILES string of the molecule is CC(C)(C)c1ccncc1-c1cnc2c(c1)C(C(C)(C)C)C(c1ccc3c(c1)C(C(C)(C)C)CCO3)CO2. The van der Waals surface area contributed by atoms with E-state index >= 15 is 0 Å². The van der Waals surface area contributed by atoms with Gasteiger partial charge in [0.05, 0.1) is 13.2 Å². The van der Waals surface area contributed by atoms with Gasteiger partial charge < -0.3 is 9.47 Å². The highest BCUT2D eigenvalue weighted by molar-refractivity contribution is 5.69. The van der Waals surface area contributed by atoms with Gasteiger partial charge in [-0.05, 0) is 63.5 Å². The van der Waals surface area contributed by atoms with E-state index in [0.717, 1.165) is 35.8 Å². The van der Waals surface area contributed by atoms with E-state index < -0.39 is 0 Å². The van der Waals surface area contributed by atoms with E-state index in [4.69, 9.17) is 14.5 Å². The van der Waals surface area contributed by atoms with E-state index in [1.807, 2.05) is 18.6 Å². The van der Waals surface area contributed by atoms with Crippen LogP contribution in [0.1, 0.15) is 109 Å². The Labute approximate surface area is 229 Å². The first kappa shape index (κ1) is 26.7. The average Bonchev–Trinajstić information content (AvgIpc) is 2.85. The number of aromatic nitrogens is 2. The van der Waals surface area contributed by atoms with Crippen LogP contribution < -0.4 is 9.47 Å². The standard InChI is InChI=1S/C34H44N2O2/c1-32(2,3)27-12-14-35-19-25(27)22-17-24-30(34(7,8)9)26(20-38-31(24)36-18-22)21-10-11-29-23(16-21)28(13-15-37-29)33(4,5)6/h10-12,14,16-19,26,28,30H,13,15,20H2,1-9H3. The summed E-state index contributed by atoms with van der Waals surface area (Å²) in [5.41, 5.74) is 7.59. The summed E-state index contributed by atoms with van der Waals surface area (Å²) in [6, 6.07) is 11.3. The van der Waals surface area contributed by atoms with Crippen molar-refractivity contribution < 1.29 is 9.47 Å². The van der Waals surface area contributed by atoms with Gasteiger partial charge in [0.15, 0.2) is 0 Å². The van der Waals surface area contributed by atoms with Gasteiger partial charge in [0.1, 0.15) is 5.75 Å². The normalized spacial score (nSPS) is 21.7. The summed E-state index contributed by atoms with van der Waals surface area (Å²) in [7, 11) is 0. The largest absolute Gasteiger partial charge is 0.493 e. The Hall–Kier alpha value is -2.88. The fourth-order valence-corrected chi connectivity index (χ4v) is 6.62. The minimum absolute atomic E-state index is 0.00539. The Morgan fingerprint density at radius 3 is 2.26 bits per heavy atom. The Balaban J connectivity index is 1.61. The van der Waals surface area contributed by atoms with E-state index in [2.05, 4.69) is 97.6 Å². The number of benzene rings is 1. The lowest BCUT2D eigenvalue weighted by molar-refractivity contribution is 0.167. The Morgan fingerprint density at radius 1 is 0.816 bits per heavy atom. The molecule has 4 nitrogen and oxygen atoms in total. The third-order valence-corrected chi connectivity index (χ3v) is 8.44. The van der Waals surface area contributed by atoms with E-state index in [1.54, 1.807) is 0 Å². The fraction of sp³-hybridized carbons (Fsp3) is 0.529. The molecule has 0 fully saturated rings. The molecule has 3 atom stereocenters. The maximum absolute atomic E-state index is 6.38. The summed E-state index contributed by atoms with van der Waals surface area (Å²) in [4.78, 5) is 9.33. The maximum atomic E-state index is 6.38. The molecule has 2 aliphatic rings. The maximum Gasteiger partial charge on any atom is 0.216 e. The molecule has 3 unspecified atom stereocenters. The van der Waals surface area contributed by atoms with Crippen LogP contribution in [0.5, 0.6) is 11.6 Å². The summed E-state index contributed by atoms with van der Waals surface area (Å²) in [5.74, 6) is 2.76. The van der Waals surface area contributed by atoms with E-state index in [-0.39, 0.29) is 28.1 Å². The minimum atomic E-state index is 0.00539. The molecule has 2 aromatic heterocycles. The highest BCUT2D eigenvalue weighted by Crippen LogP contribution is 2.53. The molecule has 0 N–H and O–H groups in total. The van der Waals surface area contributed by atoms with Gasteiger partial charge in [-0.3, -0.25) is 4.98 Å². The molecular formula is C34H44N2O2. The fourth-order valence-electron chi connectivity index (χ4n) is 6.62. The second-order valence-corrected chi connectivity index (χ2v) is 14.4. The summed E-state index contributed by atoms with van der Waals surface area (Å²) in [6.45, 7) is 22.2. The molecule has 2 aliphatic heterocycles. The zero-order chi connectivity index (χ0) is 27.5. The van der Waals surface area contributed by atoms with Crippen LogP contribution >= 0.6 is 0 Å². The van der Waals surface area contributed by atoms with Crippen LogP contribution in [0, 0.1) is 10.8 Å². The minimum Gasteiger partial charge on any atom is -0.493 e. The molecule has 0 radical (unpaired) electrons. The molecule has 38 heavy (non-hydrogen) atoms. The van der Waals surface area contributed by atoms with Crippen molar-refractivity contribution in [1.82, 2.24) is 9.97 Å². The van der Waals surface area contributed by atoms with Gasteiger partial charge in [-0.25, -0.2) is 4.98 Å². The lowest BCUT2D eigenvalue weighted by Gasteiger charge is -2.42. The number of fused-ring (bicyclic) bond motifs is 2. The molecule has 0 aliphatic carbocycles. The molecule has 3 aromatic rings. The summed E-state index contributed by atoms with van der Waals surface area (Å²) >= 11 is 0. The first-order valence-corrected chi connectivity index (χ1v) is 14.1. The quantitative estimate of drug-likeness (QED) is 0.345. The van der Waals surface area contributed by atoms with Gasteiger partial charge in [-0.1, -0.05) is 74.4 Å². The molecule has 1 aromatic carbocycles. The van der Waals surface area contributed by atoms with Crippen LogP contribution in [0.15, 0.2) is 48.9 Å². The molecule has 0 saturated carbocycles. The van der Waals surface area contributed by atoms with Crippen molar-refractivity contribution in [2.24, 2.45) is 10.8 Å². The van der Waals surface area contributed by atoms with Gasteiger partial charge >= 0.3 is 0 Å². The highest BCUT2D eigenvalue weighted by atomic mass is 16.5. The van der Waals surface area contributed by atoms with Gasteiger partial charge in [-0.2, -0.15) is 0 Å². The van der Waals surface area contributed by atoms with Crippen LogP contribution in [0.2, 0.25) is 0 Å². The van der Waals surface area contributed by atoms with Gasteiger partial charge in [0, 0.05) is 47.1 Å². The number of nitrogens with zero attached hydrogens (tertiary/aromatic N) is 2. The molecule has 202 valence electrons. The summed E-state index contributed by atoms with van der Waals surface area (Å²) in [6.07, 6.45) is 6.88. The monoisotopic (exact) mass is 512 g/mol. The van der Waals surface area contributed by atoms with Crippen LogP contribution in [0.3, 0.4) is 0 Å². The second-order valence-electron chi connectivity index (χ2n) is 14.4. The summed E-state index contributed by atoms with van der Waals surface area (Å²) < 4.78 is 12.5. The predicted octanol–water partition coefficient (Wildman–Crippen LogP) is 8.66. The molecule has 0 saturated heterocycles. The van der Waals surface area contributed by atoms with Crippen LogP contribution in [-0.2, 0) is 5.41 Å². The number of pyridine rings is 2. The van der Waals surface area contributed by atoms with Crippen molar-refractivity contribution in [2.75, 3.05) is 13.2 Å². The molecular weight excluding hydrogens is 468 g/mol. The molecule has 4 heteroatoms. The number of ether oxygens (including phenoxy) is 2. The van der Waals surface area contributed by atoms with Gasteiger partial charge in [0.2, 0.25) is 5.88 Å². The van der Waals surface area contributed by atoms with Crippen molar-refractivity contribution in [3.05, 3.63) is 71.2 Å². The highest BCUT2D eigenvalue weighted by Gasteiger charge is 2.41. The van der Waals surface area contributed by atoms with E-state index in [1.165, 1.54) is 22.3 Å². The van der Waals surface area contributed by atoms with Gasteiger partial charge in [0.25, 0.3) is 0 Å².